The molecule has 0 aromatic heterocycles. The zero-order valence-electron chi connectivity index (χ0n) is 20.3. The number of fused-ring (bicyclic) bond motifs is 1. The highest BCUT2D eigenvalue weighted by Crippen LogP contribution is 2.34. The predicted octanol–water partition coefficient (Wildman–Crippen LogP) is 3.24. The van der Waals surface area contributed by atoms with Crippen LogP contribution in [0.2, 0.25) is 0 Å². The van der Waals surface area contributed by atoms with E-state index in [9.17, 15) is 18.0 Å². The fourth-order valence-corrected chi connectivity index (χ4v) is 4.81. The van der Waals surface area contributed by atoms with E-state index in [-0.39, 0.29) is 24.1 Å². The minimum absolute atomic E-state index is 0.0243. The van der Waals surface area contributed by atoms with Gasteiger partial charge >= 0.3 is 0 Å². The van der Waals surface area contributed by atoms with Crippen molar-refractivity contribution in [1.82, 2.24) is 5.32 Å². The fraction of sp³-hybridized carbons (Fsp3) is 0.259. The summed E-state index contributed by atoms with van der Waals surface area (Å²) in [4.78, 5) is 27.9. The van der Waals surface area contributed by atoms with E-state index in [1.165, 1.54) is 16.3 Å². The zero-order valence-corrected chi connectivity index (χ0v) is 21.1. The second kappa shape index (κ2) is 10.8. The summed E-state index contributed by atoms with van der Waals surface area (Å²) >= 11 is 0. The lowest BCUT2D eigenvalue weighted by molar-refractivity contribution is -0.127. The molecule has 188 valence electrons. The number of amides is 2. The molecule has 0 radical (unpaired) electrons. The highest BCUT2D eigenvalue weighted by molar-refractivity contribution is 7.92. The third kappa shape index (κ3) is 5.52. The molecule has 0 aliphatic carbocycles. The van der Waals surface area contributed by atoms with Crippen LogP contribution in [0.1, 0.15) is 22.8 Å². The molecule has 36 heavy (non-hydrogen) atoms. The first-order chi connectivity index (χ1) is 17.3. The van der Waals surface area contributed by atoms with Crippen LogP contribution in [0.5, 0.6) is 5.75 Å². The number of ether oxygens (including phenoxy) is 1. The largest absolute Gasteiger partial charge is 0.477 e. The van der Waals surface area contributed by atoms with Crippen LogP contribution in [0.3, 0.4) is 0 Å². The van der Waals surface area contributed by atoms with Crippen molar-refractivity contribution in [2.24, 2.45) is 0 Å². The molecule has 3 aromatic rings. The average Bonchev–Trinajstić information content (AvgIpc) is 2.92. The minimum Gasteiger partial charge on any atom is -0.477 e. The first-order valence-electron chi connectivity index (χ1n) is 11.8. The van der Waals surface area contributed by atoms with Gasteiger partial charge in [-0.25, -0.2) is 8.42 Å². The van der Waals surface area contributed by atoms with Gasteiger partial charge in [-0.05, 0) is 55.3 Å². The Hall–Kier alpha value is -3.85. The number of nitrogens with zero attached hydrogens (tertiary/aromatic N) is 2. The average molecular weight is 508 g/mol. The standard InChI is InChI=1S/C27H29N3O5S/c1-3-36(33,34)29(2)22-15-13-21(14-16-22)27(32)30-19-25(35-24-12-8-7-11-23(24)30)26(31)28-18-17-20-9-5-4-6-10-20/h4-16,25H,3,17-19H2,1-2H3,(H,28,31)/t25-/m0/s1. The van der Waals surface area contributed by atoms with Gasteiger partial charge in [0.15, 0.2) is 6.10 Å². The number of nitrogens with one attached hydrogen (secondary N) is 1. The van der Waals surface area contributed by atoms with E-state index < -0.39 is 16.1 Å². The summed E-state index contributed by atoms with van der Waals surface area (Å²) in [6.45, 7) is 2.08. The first-order valence-corrected chi connectivity index (χ1v) is 13.4. The van der Waals surface area contributed by atoms with E-state index in [0.29, 0.717) is 35.7 Å². The number of anilines is 2. The van der Waals surface area contributed by atoms with Gasteiger partial charge in [-0.3, -0.25) is 13.9 Å². The molecule has 1 aliphatic heterocycles. The highest BCUT2D eigenvalue weighted by atomic mass is 32.2. The second-order valence-corrected chi connectivity index (χ2v) is 10.7. The van der Waals surface area contributed by atoms with Crippen LogP contribution in [0.4, 0.5) is 11.4 Å². The minimum atomic E-state index is -3.41. The molecule has 0 fully saturated rings. The molecule has 1 heterocycles. The van der Waals surface area contributed by atoms with Gasteiger partial charge < -0.3 is 15.0 Å². The van der Waals surface area contributed by atoms with Gasteiger partial charge in [-0.1, -0.05) is 42.5 Å². The van der Waals surface area contributed by atoms with E-state index in [1.807, 2.05) is 30.3 Å². The van der Waals surface area contributed by atoms with E-state index in [4.69, 9.17) is 4.74 Å². The van der Waals surface area contributed by atoms with E-state index in [1.54, 1.807) is 55.5 Å². The maximum Gasteiger partial charge on any atom is 0.262 e. The lowest BCUT2D eigenvalue weighted by Crippen LogP contribution is -2.51. The number of sulfonamides is 1. The molecule has 0 saturated carbocycles. The van der Waals surface area contributed by atoms with Gasteiger partial charge in [0.05, 0.1) is 23.7 Å². The van der Waals surface area contributed by atoms with Crippen LogP contribution in [-0.4, -0.2) is 52.2 Å². The molecule has 0 spiro atoms. The molecular weight excluding hydrogens is 478 g/mol. The van der Waals surface area contributed by atoms with E-state index >= 15 is 0 Å². The third-order valence-corrected chi connectivity index (χ3v) is 7.90. The third-order valence-electron chi connectivity index (χ3n) is 6.13. The van der Waals surface area contributed by atoms with Gasteiger partial charge in [0, 0.05) is 19.2 Å². The molecule has 8 nitrogen and oxygen atoms in total. The van der Waals surface area contributed by atoms with Crippen molar-refractivity contribution in [1.29, 1.82) is 0 Å². The number of para-hydroxylation sites is 2. The summed E-state index contributed by atoms with van der Waals surface area (Å²) in [6, 6.07) is 23.3. The van der Waals surface area contributed by atoms with Crippen molar-refractivity contribution in [3.63, 3.8) is 0 Å². The van der Waals surface area contributed by atoms with Crippen molar-refractivity contribution in [2.45, 2.75) is 19.4 Å². The highest BCUT2D eigenvalue weighted by Gasteiger charge is 2.34. The summed E-state index contributed by atoms with van der Waals surface area (Å²) in [7, 11) is -1.93. The molecule has 2 amide bonds. The molecule has 9 heteroatoms. The Balaban J connectivity index is 1.49. The van der Waals surface area contributed by atoms with Gasteiger partial charge in [0.1, 0.15) is 5.75 Å². The van der Waals surface area contributed by atoms with E-state index in [0.717, 1.165) is 5.56 Å². The molecule has 1 atom stereocenters. The van der Waals surface area contributed by atoms with Crippen molar-refractivity contribution in [3.05, 3.63) is 90.0 Å². The van der Waals surface area contributed by atoms with Crippen molar-refractivity contribution in [3.8, 4) is 5.75 Å². The van der Waals surface area contributed by atoms with Gasteiger partial charge in [-0.2, -0.15) is 0 Å². The predicted molar refractivity (Wildman–Crippen MR) is 140 cm³/mol. The van der Waals surface area contributed by atoms with Crippen molar-refractivity contribution in [2.75, 3.05) is 35.1 Å². The summed E-state index contributed by atoms with van der Waals surface area (Å²) in [5.74, 6) is -0.171. The summed E-state index contributed by atoms with van der Waals surface area (Å²) < 4.78 is 31.4. The van der Waals surface area contributed by atoms with Crippen LogP contribution in [-0.2, 0) is 21.2 Å². The Labute approximate surface area is 211 Å². The Morgan fingerprint density at radius 2 is 1.67 bits per heavy atom. The van der Waals surface area contributed by atoms with E-state index in [2.05, 4.69) is 5.32 Å². The summed E-state index contributed by atoms with van der Waals surface area (Å²) in [6.07, 6.45) is -0.174. The van der Waals surface area contributed by atoms with Crippen LogP contribution >= 0.6 is 0 Å². The maximum absolute atomic E-state index is 13.5. The number of carbonyl (C=O) groups is 2. The Morgan fingerprint density at radius 1 is 1.00 bits per heavy atom. The normalized spacial score (nSPS) is 14.9. The maximum atomic E-state index is 13.5. The first kappa shape index (κ1) is 25.2. The lowest BCUT2D eigenvalue weighted by atomic mass is 10.1. The Bertz CT molecular complexity index is 1330. The topological polar surface area (TPSA) is 96.0 Å². The van der Waals surface area contributed by atoms with Crippen LogP contribution < -0.4 is 19.3 Å². The smallest absolute Gasteiger partial charge is 0.262 e. The zero-order chi connectivity index (χ0) is 25.7. The molecule has 0 saturated heterocycles. The molecule has 4 rings (SSSR count). The van der Waals surface area contributed by atoms with Crippen LogP contribution in [0, 0.1) is 0 Å². The SMILES string of the molecule is CCS(=O)(=O)N(C)c1ccc(C(=O)N2C[C@@H](C(=O)NCCc3ccccc3)Oc3ccccc32)cc1. The molecule has 1 N–H and O–H groups in total. The second-order valence-electron chi connectivity index (χ2n) is 8.43. The van der Waals surface area contributed by atoms with Crippen molar-refractivity contribution >= 4 is 33.2 Å². The Morgan fingerprint density at radius 3 is 2.36 bits per heavy atom. The van der Waals surface area contributed by atoms with Crippen LogP contribution in [0.15, 0.2) is 78.9 Å². The molecule has 3 aromatic carbocycles. The summed E-state index contributed by atoms with van der Waals surface area (Å²) in [5.41, 5.74) is 2.53. The van der Waals surface area contributed by atoms with Gasteiger partial charge in [-0.15, -0.1) is 0 Å². The fourth-order valence-electron chi connectivity index (χ4n) is 3.98. The summed E-state index contributed by atoms with van der Waals surface area (Å²) in [5, 5.41) is 2.91. The van der Waals surface area contributed by atoms with Gasteiger partial charge in [0.2, 0.25) is 10.0 Å². The molecule has 0 bridgehead atoms. The molecule has 1 aliphatic rings. The number of rotatable bonds is 8. The molecular formula is C27H29N3O5S. The monoisotopic (exact) mass is 507 g/mol. The number of hydrogen-bond acceptors (Lipinski definition) is 5. The quantitative estimate of drug-likeness (QED) is 0.505. The lowest BCUT2D eigenvalue weighted by Gasteiger charge is -2.34. The number of benzene rings is 3. The number of carbonyl (C=O) groups excluding carboxylic acids is 2. The van der Waals surface area contributed by atoms with Gasteiger partial charge in [0.25, 0.3) is 11.8 Å². The molecule has 0 unspecified atom stereocenters. The van der Waals surface area contributed by atoms with Crippen LogP contribution in [0.25, 0.3) is 0 Å². The number of hydrogen-bond donors (Lipinski definition) is 1. The Kier molecular flexibility index (Phi) is 7.59. The van der Waals surface area contributed by atoms with Crippen molar-refractivity contribution < 1.29 is 22.7 Å².